The first-order chi connectivity index (χ1) is 23.3. The molecule has 0 fully saturated rings. The molecule has 0 spiro atoms. The van der Waals surface area contributed by atoms with Crippen LogP contribution < -0.4 is 0 Å². The van der Waals surface area contributed by atoms with E-state index in [2.05, 4.69) is 62.5 Å². The highest BCUT2D eigenvalue weighted by Gasteiger charge is 2.26. The summed E-state index contributed by atoms with van der Waals surface area (Å²) < 4.78 is 33.1. The van der Waals surface area contributed by atoms with Crippen molar-refractivity contribution in [2.75, 3.05) is 33.0 Å². The zero-order chi connectivity index (χ0) is 35.4. The Labute approximate surface area is 292 Å². The first-order valence-corrected chi connectivity index (χ1v) is 20.1. The van der Waals surface area contributed by atoms with E-state index in [0.717, 1.165) is 77.0 Å². The molecule has 0 saturated heterocycles. The third-order valence-corrected chi connectivity index (χ3v) is 8.48. The summed E-state index contributed by atoms with van der Waals surface area (Å²) in [6, 6.07) is 0. The van der Waals surface area contributed by atoms with Crippen LogP contribution in [0.3, 0.4) is 0 Å². The van der Waals surface area contributed by atoms with E-state index < -0.39 is 39.2 Å². The van der Waals surface area contributed by atoms with Crippen molar-refractivity contribution >= 4 is 13.8 Å². The summed E-state index contributed by atoms with van der Waals surface area (Å²) in [6.45, 7) is 3.31. The lowest BCUT2D eigenvalue weighted by atomic mass is 10.1. The van der Waals surface area contributed by atoms with Gasteiger partial charge in [0.25, 0.3) is 0 Å². The predicted octanol–water partition coefficient (Wildman–Crippen LogP) is 9.47. The maximum Gasteiger partial charge on any atom is 0.472 e. The smallest absolute Gasteiger partial charge is 0.457 e. The number of phosphoric acid groups is 1. The quantitative estimate of drug-likeness (QED) is 0.0256. The molecular formula is C38H69O9P. The van der Waals surface area contributed by atoms with Crippen molar-refractivity contribution in [3.8, 4) is 0 Å². The average Bonchev–Trinajstić information content (AvgIpc) is 3.07. The summed E-state index contributed by atoms with van der Waals surface area (Å²) in [6.07, 6.45) is 36.6. The SMILES string of the molecule is CC/C=C\C/C=C\C/C=C\C/C=C\CCCCCCCCCOCC(COP(=O)(O)OCC(O)CO)OC(=O)CCCCCCCCC. The Hall–Kier alpha value is -1.58. The number of aliphatic hydroxyl groups is 2. The maximum atomic E-state index is 12.4. The molecule has 0 bridgehead atoms. The number of aliphatic hydroxyl groups excluding tert-OH is 2. The van der Waals surface area contributed by atoms with E-state index in [1.165, 1.54) is 44.9 Å². The van der Waals surface area contributed by atoms with Crippen LogP contribution in [0.4, 0.5) is 0 Å². The fourth-order valence-electron chi connectivity index (χ4n) is 4.70. The summed E-state index contributed by atoms with van der Waals surface area (Å²) in [4.78, 5) is 22.3. The topological polar surface area (TPSA) is 132 Å². The van der Waals surface area contributed by atoms with E-state index in [9.17, 15) is 19.4 Å². The van der Waals surface area contributed by atoms with E-state index in [1.807, 2.05) is 0 Å². The monoisotopic (exact) mass is 700 g/mol. The fourth-order valence-corrected chi connectivity index (χ4v) is 5.49. The molecule has 48 heavy (non-hydrogen) atoms. The molecule has 0 aromatic heterocycles. The van der Waals surface area contributed by atoms with Crippen LogP contribution in [0, 0.1) is 0 Å². The third-order valence-electron chi connectivity index (χ3n) is 7.53. The molecule has 0 aliphatic heterocycles. The third kappa shape index (κ3) is 34.3. The second-order valence-electron chi connectivity index (χ2n) is 12.2. The van der Waals surface area contributed by atoms with Gasteiger partial charge in [0, 0.05) is 13.0 Å². The van der Waals surface area contributed by atoms with E-state index >= 15 is 0 Å². The molecule has 9 nitrogen and oxygen atoms in total. The van der Waals surface area contributed by atoms with Gasteiger partial charge >= 0.3 is 13.8 Å². The largest absolute Gasteiger partial charge is 0.472 e. The molecule has 0 radical (unpaired) electrons. The number of unbranched alkanes of at least 4 members (excludes halogenated alkanes) is 13. The van der Waals surface area contributed by atoms with Crippen molar-refractivity contribution in [2.45, 2.75) is 154 Å². The minimum atomic E-state index is -4.51. The Morgan fingerprint density at radius 3 is 1.79 bits per heavy atom. The first kappa shape index (κ1) is 46.4. The van der Waals surface area contributed by atoms with Crippen molar-refractivity contribution in [2.24, 2.45) is 0 Å². The van der Waals surface area contributed by atoms with Gasteiger partial charge in [0.05, 0.1) is 26.4 Å². The number of rotatable bonds is 35. The van der Waals surface area contributed by atoms with Crippen LogP contribution in [0.2, 0.25) is 0 Å². The minimum absolute atomic E-state index is 0.0410. The summed E-state index contributed by atoms with van der Waals surface area (Å²) in [5.41, 5.74) is 0. The zero-order valence-corrected chi connectivity index (χ0v) is 31.1. The van der Waals surface area contributed by atoms with Gasteiger partial charge in [0.1, 0.15) is 12.2 Å². The molecular weight excluding hydrogens is 631 g/mol. The second kappa shape index (κ2) is 35.3. The predicted molar refractivity (Wildman–Crippen MR) is 196 cm³/mol. The molecule has 0 rings (SSSR count). The Morgan fingerprint density at radius 1 is 0.667 bits per heavy atom. The molecule has 0 aromatic carbocycles. The van der Waals surface area contributed by atoms with Crippen LogP contribution in [0.1, 0.15) is 142 Å². The van der Waals surface area contributed by atoms with Gasteiger partial charge in [0.15, 0.2) is 0 Å². The molecule has 0 aliphatic carbocycles. The van der Waals surface area contributed by atoms with Gasteiger partial charge in [-0.2, -0.15) is 0 Å². The highest BCUT2D eigenvalue weighted by molar-refractivity contribution is 7.47. The zero-order valence-electron chi connectivity index (χ0n) is 30.2. The summed E-state index contributed by atoms with van der Waals surface area (Å²) >= 11 is 0. The first-order valence-electron chi connectivity index (χ1n) is 18.6. The van der Waals surface area contributed by atoms with Crippen molar-refractivity contribution in [1.82, 2.24) is 0 Å². The van der Waals surface area contributed by atoms with Crippen LogP contribution in [0.15, 0.2) is 48.6 Å². The highest BCUT2D eigenvalue weighted by atomic mass is 31.2. The minimum Gasteiger partial charge on any atom is -0.457 e. The van der Waals surface area contributed by atoms with E-state index in [0.29, 0.717) is 6.61 Å². The summed E-state index contributed by atoms with van der Waals surface area (Å²) in [5.74, 6) is -0.396. The molecule has 10 heteroatoms. The van der Waals surface area contributed by atoms with E-state index in [-0.39, 0.29) is 19.6 Å². The molecule has 3 unspecified atom stereocenters. The van der Waals surface area contributed by atoms with Crippen LogP contribution in [-0.2, 0) is 27.9 Å². The summed E-state index contributed by atoms with van der Waals surface area (Å²) in [5, 5.41) is 18.2. The van der Waals surface area contributed by atoms with Crippen molar-refractivity contribution in [3.63, 3.8) is 0 Å². The van der Waals surface area contributed by atoms with Gasteiger partial charge in [-0.3, -0.25) is 13.8 Å². The lowest BCUT2D eigenvalue weighted by Gasteiger charge is -2.20. The van der Waals surface area contributed by atoms with Gasteiger partial charge in [0.2, 0.25) is 0 Å². The van der Waals surface area contributed by atoms with Gasteiger partial charge in [-0.25, -0.2) is 4.57 Å². The summed E-state index contributed by atoms with van der Waals surface area (Å²) in [7, 11) is -4.51. The highest BCUT2D eigenvalue weighted by Crippen LogP contribution is 2.43. The van der Waals surface area contributed by atoms with Gasteiger partial charge in [-0.05, 0) is 51.4 Å². The second-order valence-corrected chi connectivity index (χ2v) is 13.7. The normalized spacial score (nSPS) is 14.9. The van der Waals surface area contributed by atoms with Crippen molar-refractivity contribution in [1.29, 1.82) is 0 Å². The van der Waals surface area contributed by atoms with Crippen LogP contribution in [-0.4, -0.2) is 66.3 Å². The number of hydrogen-bond donors (Lipinski definition) is 3. The average molecular weight is 701 g/mol. The van der Waals surface area contributed by atoms with Crippen molar-refractivity contribution < 1.29 is 43.0 Å². The molecule has 3 atom stereocenters. The van der Waals surface area contributed by atoms with Gasteiger partial charge in [-0.1, -0.05) is 133 Å². The van der Waals surface area contributed by atoms with Crippen molar-refractivity contribution in [3.05, 3.63) is 48.6 Å². The molecule has 0 saturated carbocycles. The van der Waals surface area contributed by atoms with Gasteiger partial charge in [-0.15, -0.1) is 0 Å². The lowest BCUT2D eigenvalue weighted by Crippen LogP contribution is -2.29. The Balaban J connectivity index is 4.13. The lowest BCUT2D eigenvalue weighted by molar-refractivity contribution is -0.154. The Morgan fingerprint density at radius 2 is 1.19 bits per heavy atom. The van der Waals surface area contributed by atoms with E-state index in [4.69, 9.17) is 23.6 Å². The molecule has 0 aromatic rings. The number of carbonyl (C=O) groups is 1. The Kier molecular flexibility index (Phi) is 34.1. The van der Waals surface area contributed by atoms with Crippen LogP contribution in [0.5, 0.6) is 0 Å². The van der Waals surface area contributed by atoms with Crippen LogP contribution in [0.25, 0.3) is 0 Å². The molecule has 280 valence electrons. The molecule has 0 amide bonds. The number of allylic oxidation sites excluding steroid dienone is 8. The molecule has 3 N–H and O–H groups in total. The number of hydrogen-bond acceptors (Lipinski definition) is 8. The van der Waals surface area contributed by atoms with Gasteiger partial charge < -0.3 is 24.6 Å². The molecule has 0 heterocycles. The maximum absolute atomic E-state index is 12.4. The number of esters is 1. The fraction of sp³-hybridized carbons (Fsp3) is 0.763. The molecule has 0 aliphatic rings. The number of phosphoric ester groups is 1. The number of ether oxygens (including phenoxy) is 2. The van der Waals surface area contributed by atoms with Crippen LogP contribution >= 0.6 is 7.82 Å². The van der Waals surface area contributed by atoms with E-state index in [1.54, 1.807) is 0 Å². The standard InChI is InChI=1S/C38H69O9P/c1-3-5-7-9-11-12-13-14-15-16-17-18-19-20-21-22-23-25-27-29-31-44-34-37(35-46-48(42,43)45-33-36(40)32-39)47-38(41)30-28-26-24-10-8-6-4-2/h5,7,11-12,14-15,17-18,36-37,39-40H,3-4,6,8-10,13,16,19-35H2,1-2H3,(H,42,43)/b7-5-,12-11-,15-14-,18-17-. The Bertz CT molecular complexity index is 887. The number of carbonyl (C=O) groups excluding carboxylic acids is 1.